The molecule has 1 N–H and O–H groups in total. The number of amides is 1. The van der Waals surface area contributed by atoms with Gasteiger partial charge in [0, 0.05) is 17.8 Å². The van der Waals surface area contributed by atoms with E-state index < -0.39 is 0 Å². The highest BCUT2D eigenvalue weighted by Crippen LogP contribution is 2.22. The van der Waals surface area contributed by atoms with E-state index in [9.17, 15) is 4.79 Å². The van der Waals surface area contributed by atoms with Gasteiger partial charge in [-0.05, 0) is 52.0 Å². The number of hydrogen-bond donors (Lipinski definition) is 1. The van der Waals surface area contributed by atoms with Gasteiger partial charge in [-0.2, -0.15) is 5.10 Å². The molecular weight excluding hydrogens is 404 g/mol. The molecule has 1 amide bonds. The normalized spacial score (nSPS) is 10.9. The van der Waals surface area contributed by atoms with Crippen LogP contribution in [-0.4, -0.2) is 20.8 Å². The van der Waals surface area contributed by atoms with E-state index in [4.69, 9.17) is 9.26 Å². The molecule has 0 bridgehead atoms. The van der Waals surface area contributed by atoms with E-state index in [0.717, 1.165) is 33.9 Å². The molecule has 0 fully saturated rings. The fourth-order valence-corrected chi connectivity index (χ4v) is 3.65. The topological polar surface area (TPSA) is 82.2 Å². The van der Waals surface area contributed by atoms with Crippen LogP contribution in [0.3, 0.4) is 0 Å². The second-order valence-corrected chi connectivity index (χ2v) is 7.67. The second-order valence-electron chi connectivity index (χ2n) is 7.67. The zero-order chi connectivity index (χ0) is 22.7. The summed E-state index contributed by atoms with van der Waals surface area (Å²) in [6.45, 7) is 8.34. The average Bonchev–Trinajstić information content (AvgIpc) is 3.28. The van der Waals surface area contributed by atoms with Crippen molar-refractivity contribution in [1.29, 1.82) is 0 Å². The number of rotatable bonds is 7. The third kappa shape index (κ3) is 4.27. The van der Waals surface area contributed by atoms with Crippen molar-refractivity contribution in [3.8, 4) is 11.4 Å². The molecule has 0 atom stereocenters. The standard InChI is InChI=1S/C25H26N4O3/c1-16-22(18(3)29(27-16)20-10-6-5-7-11-20)14-26-25(30)21-12-8-9-13-24(21)31-15-23-17(2)28-32-19(23)4/h5-13H,14-15H2,1-4H3,(H,26,30). The number of hydrogen-bond acceptors (Lipinski definition) is 5. The first kappa shape index (κ1) is 21.4. The third-order valence-corrected chi connectivity index (χ3v) is 5.55. The minimum Gasteiger partial charge on any atom is -0.488 e. The van der Waals surface area contributed by atoms with E-state index in [1.165, 1.54) is 0 Å². The van der Waals surface area contributed by atoms with Crippen LogP contribution in [0.1, 0.15) is 44.3 Å². The number of aryl methyl sites for hydroxylation is 3. The van der Waals surface area contributed by atoms with E-state index in [2.05, 4.69) is 15.6 Å². The lowest BCUT2D eigenvalue weighted by Crippen LogP contribution is -2.24. The van der Waals surface area contributed by atoms with Crippen LogP contribution >= 0.6 is 0 Å². The number of nitrogens with zero attached hydrogens (tertiary/aromatic N) is 3. The van der Waals surface area contributed by atoms with Crippen molar-refractivity contribution in [2.45, 2.75) is 40.8 Å². The summed E-state index contributed by atoms with van der Waals surface area (Å²) in [5.41, 5.74) is 6.02. The molecule has 32 heavy (non-hydrogen) atoms. The van der Waals surface area contributed by atoms with Crippen LogP contribution in [0.4, 0.5) is 0 Å². The fourth-order valence-electron chi connectivity index (χ4n) is 3.65. The number of benzene rings is 2. The molecule has 4 aromatic rings. The van der Waals surface area contributed by atoms with Gasteiger partial charge in [-0.1, -0.05) is 35.5 Å². The number of aromatic nitrogens is 3. The summed E-state index contributed by atoms with van der Waals surface area (Å²) in [6, 6.07) is 17.2. The molecule has 7 heteroatoms. The highest BCUT2D eigenvalue weighted by Gasteiger charge is 2.17. The Morgan fingerprint density at radius 3 is 2.41 bits per heavy atom. The molecule has 0 radical (unpaired) electrons. The molecule has 0 aliphatic heterocycles. The Hall–Kier alpha value is -3.87. The predicted molar refractivity (Wildman–Crippen MR) is 121 cm³/mol. The van der Waals surface area contributed by atoms with Crippen LogP contribution in [0.5, 0.6) is 5.75 Å². The lowest BCUT2D eigenvalue weighted by molar-refractivity contribution is 0.0946. The van der Waals surface area contributed by atoms with Crippen LogP contribution in [-0.2, 0) is 13.2 Å². The summed E-state index contributed by atoms with van der Waals surface area (Å²) >= 11 is 0. The number of ether oxygens (including phenoxy) is 1. The third-order valence-electron chi connectivity index (χ3n) is 5.55. The number of carbonyl (C=O) groups excluding carboxylic acids is 1. The Labute approximate surface area is 187 Å². The quantitative estimate of drug-likeness (QED) is 0.463. The van der Waals surface area contributed by atoms with Gasteiger partial charge in [-0.15, -0.1) is 0 Å². The van der Waals surface area contributed by atoms with Gasteiger partial charge in [-0.3, -0.25) is 4.79 Å². The summed E-state index contributed by atoms with van der Waals surface area (Å²) in [4.78, 5) is 13.0. The second kappa shape index (κ2) is 9.09. The molecule has 2 aromatic heterocycles. The maximum atomic E-state index is 13.0. The highest BCUT2D eigenvalue weighted by atomic mass is 16.5. The van der Waals surface area contributed by atoms with Crippen LogP contribution < -0.4 is 10.1 Å². The molecule has 0 saturated heterocycles. The number of nitrogens with one attached hydrogen (secondary N) is 1. The minimum atomic E-state index is -0.203. The zero-order valence-corrected chi connectivity index (χ0v) is 18.7. The maximum Gasteiger partial charge on any atom is 0.255 e. The molecule has 2 aromatic carbocycles. The molecule has 0 aliphatic rings. The van der Waals surface area contributed by atoms with Gasteiger partial charge in [0.2, 0.25) is 0 Å². The first-order valence-electron chi connectivity index (χ1n) is 10.5. The first-order chi connectivity index (χ1) is 15.5. The van der Waals surface area contributed by atoms with E-state index in [0.29, 0.717) is 23.6 Å². The lowest BCUT2D eigenvalue weighted by Gasteiger charge is -2.12. The zero-order valence-electron chi connectivity index (χ0n) is 18.7. The van der Waals surface area contributed by atoms with Crippen molar-refractivity contribution < 1.29 is 14.1 Å². The Morgan fingerprint density at radius 1 is 0.969 bits per heavy atom. The highest BCUT2D eigenvalue weighted by molar-refractivity contribution is 5.96. The Kier molecular flexibility index (Phi) is 6.07. The Bertz CT molecular complexity index is 1220. The predicted octanol–water partition coefficient (Wildman–Crippen LogP) is 4.60. The van der Waals surface area contributed by atoms with Crippen molar-refractivity contribution in [2.75, 3.05) is 0 Å². The molecule has 0 saturated carbocycles. The molecule has 0 unspecified atom stereocenters. The van der Waals surface area contributed by atoms with E-state index in [1.807, 2.05) is 74.8 Å². The molecule has 7 nitrogen and oxygen atoms in total. The summed E-state index contributed by atoms with van der Waals surface area (Å²) in [5, 5.41) is 11.6. The lowest BCUT2D eigenvalue weighted by atomic mass is 10.1. The SMILES string of the molecule is Cc1noc(C)c1COc1ccccc1C(=O)NCc1c(C)nn(-c2ccccc2)c1C. The van der Waals surface area contributed by atoms with Gasteiger partial charge in [0.05, 0.1) is 28.2 Å². The molecule has 0 aliphatic carbocycles. The first-order valence-corrected chi connectivity index (χ1v) is 10.5. The van der Waals surface area contributed by atoms with E-state index >= 15 is 0 Å². The van der Waals surface area contributed by atoms with Crippen LogP contribution in [0.15, 0.2) is 59.1 Å². The van der Waals surface area contributed by atoms with Gasteiger partial charge in [-0.25, -0.2) is 4.68 Å². The van der Waals surface area contributed by atoms with Gasteiger partial charge >= 0.3 is 0 Å². The number of para-hydroxylation sites is 2. The molecule has 164 valence electrons. The summed E-state index contributed by atoms with van der Waals surface area (Å²) in [7, 11) is 0. The van der Waals surface area contributed by atoms with Crippen molar-refractivity contribution in [3.63, 3.8) is 0 Å². The minimum absolute atomic E-state index is 0.203. The van der Waals surface area contributed by atoms with Crippen molar-refractivity contribution in [3.05, 3.63) is 94.1 Å². The van der Waals surface area contributed by atoms with Gasteiger partial charge in [0.15, 0.2) is 0 Å². The van der Waals surface area contributed by atoms with Crippen LogP contribution in [0, 0.1) is 27.7 Å². The van der Waals surface area contributed by atoms with Crippen molar-refractivity contribution in [2.24, 2.45) is 0 Å². The van der Waals surface area contributed by atoms with Crippen molar-refractivity contribution >= 4 is 5.91 Å². The average molecular weight is 431 g/mol. The largest absolute Gasteiger partial charge is 0.488 e. The maximum absolute atomic E-state index is 13.0. The molecule has 4 rings (SSSR count). The number of carbonyl (C=O) groups is 1. The molecular formula is C25H26N4O3. The summed E-state index contributed by atoms with van der Waals surface area (Å²) in [5.74, 6) is 1.02. The van der Waals surface area contributed by atoms with E-state index in [-0.39, 0.29) is 12.5 Å². The fraction of sp³-hybridized carbons (Fsp3) is 0.240. The van der Waals surface area contributed by atoms with Gasteiger partial charge < -0.3 is 14.6 Å². The monoisotopic (exact) mass is 430 g/mol. The molecule has 2 heterocycles. The van der Waals surface area contributed by atoms with Gasteiger partial charge in [0.25, 0.3) is 5.91 Å². The van der Waals surface area contributed by atoms with Gasteiger partial charge in [0.1, 0.15) is 18.1 Å². The van der Waals surface area contributed by atoms with Crippen LogP contribution in [0.2, 0.25) is 0 Å². The summed E-state index contributed by atoms with van der Waals surface area (Å²) < 4.78 is 13.0. The van der Waals surface area contributed by atoms with Crippen LogP contribution in [0.25, 0.3) is 5.69 Å². The molecule has 0 spiro atoms. The smallest absolute Gasteiger partial charge is 0.255 e. The Balaban J connectivity index is 1.48. The van der Waals surface area contributed by atoms with E-state index in [1.54, 1.807) is 12.1 Å². The van der Waals surface area contributed by atoms with Crippen molar-refractivity contribution in [1.82, 2.24) is 20.3 Å². The summed E-state index contributed by atoms with van der Waals surface area (Å²) in [6.07, 6.45) is 0. The Morgan fingerprint density at radius 2 is 1.69 bits per heavy atom.